The van der Waals surface area contributed by atoms with Gasteiger partial charge in [-0.05, 0) is 44.9 Å². The Morgan fingerprint density at radius 3 is 1.52 bits per heavy atom. The number of hydrogen-bond acceptors (Lipinski definition) is 9. The molecule has 0 aliphatic rings. The lowest BCUT2D eigenvalue weighted by Crippen LogP contribution is -2.29. The predicted molar refractivity (Wildman–Crippen MR) is 210 cm³/mol. The molecule has 0 saturated carbocycles. The van der Waals surface area contributed by atoms with Crippen molar-refractivity contribution in [2.45, 2.75) is 199 Å². The number of carbonyl (C=O) groups excluding carboxylic acids is 2. The van der Waals surface area contributed by atoms with Gasteiger partial charge in [-0.3, -0.25) is 18.6 Å². The van der Waals surface area contributed by atoms with Crippen molar-refractivity contribution in [1.82, 2.24) is 0 Å². The quantitative estimate of drug-likeness (QED) is 0.0239. The van der Waals surface area contributed by atoms with E-state index in [4.69, 9.17) is 19.1 Å². The fourth-order valence-corrected chi connectivity index (χ4v) is 6.40. The van der Waals surface area contributed by atoms with Crippen molar-refractivity contribution in [3.8, 4) is 0 Å². The molecule has 0 aromatic rings. The number of carbonyl (C=O) groups is 2. The Kier molecular flexibility index (Phi) is 36.6. The number of ether oxygens (including phenoxy) is 2. The van der Waals surface area contributed by atoms with Crippen molar-refractivity contribution in [2.24, 2.45) is 0 Å². The third-order valence-corrected chi connectivity index (χ3v) is 9.81. The third-order valence-electron chi connectivity index (χ3n) is 8.86. The van der Waals surface area contributed by atoms with E-state index in [1.807, 2.05) is 0 Å². The van der Waals surface area contributed by atoms with E-state index in [1.165, 1.54) is 96.3 Å². The number of phosphoric ester groups is 1. The molecule has 0 rings (SSSR count). The van der Waals surface area contributed by atoms with E-state index >= 15 is 0 Å². The molecule has 0 aromatic carbocycles. The van der Waals surface area contributed by atoms with E-state index in [2.05, 4.69) is 42.7 Å². The maximum atomic E-state index is 12.6. The molecule has 0 radical (unpaired) electrons. The minimum absolute atomic E-state index is 0.186. The number of aliphatic hydroxyl groups is 2. The molecule has 0 fully saturated rings. The van der Waals surface area contributed by atoms with Gasteiger partial charge in [0.2, 0.25) is 0 Å². The van der Waals surface area contributed by atoms with E-state index in [-0.39, 0.29) is 19.4 Å². The zero-order valence-corrected chi connectivity index (χ0v) is 33.9. The Bertz CT molecular complexity index is 925. The molecule has 11 heteroatoms. The molecule has 1 unspecified atom stereocenters. The van der Waals surface area contributed by atoms with Crippen molar-refractivity contribution in [3.05, 3.63) is 24.3 Å². The van der Waals surface area contributed by atoms with Crippen LogP contribution in [0, 0.1) is 0 Å². The van der Waals surface area contributed by atoms with Gasteiger partial charge in [0.25, 0.3) is 0 Å². The van der Waals surface area contributed by atoms with Crippen LogP contribution in [0.15, 0.2) is 24.3 Å². The van der Waals surface area contributed by atoms with Crippen LogP contribution in [0.5, 0.6) is 0 Å². The summed E-state index contributed by atoms with van der Waals surface area (Å²) in [6, 6.07) is 0. The summed E-state index contributed by atoms with van der Waals surface area (Å²) in [5.41, 5.74) is 0. The highest BCUT2D eigenvalue weighted by Crippen LogP contribution is 2.43. The highest BCUT2D eigenvalue weighted by molar-refractivity contribution is 7.47. The molecule has 0 saturated heterocycles. The van der Waals surface area contributed by atoms with Crippen LogP contribution in [0.3, 0.4) is 0 Å². The molecule has 52 heavy (non-hydrogen) atoms. The first kappa shape index (κ1) is 50.5. The molecule has 306 valence electrons. The summed E-state index contributed by atoms with van der Waals surface area (Å²) in [7, 11) is -4.61. The Morgan fingerprint density at radius 2 is 1.00 bits per heavy atom. The second-order valence-electron chi connectivity index (χ2n) is 14.0. The molecular weight excluding hydrogens is 683 g/mol. The van der Waals surface area contributed by atoms with Crippen molar-refractivity contribution in [2.75, 3.05) is 26.4 Å². The van der Waals surface area contributed by atoms with E-state index < -0.39 is 51.8 Å². The first-order valence-corrected chi connectivity index (χ1v) is 22.3. The van der Waals surface area contributed by atoms with Gasteiger partial charge in [-0.2, -0.15) is 0 Å². The van der Waals surface area contributed by atoms with E-state index in [0.29, 0.717) is 12.8 Å². The first-order valence-electron chi connectivity index (χ1n) is 20.8. The molecule has 0 amide bonds. The van der Waals surface area contributed by atoms with Gasteiger partial charge in [0.05, 0.1) is 19.8 Å². The fourth-order valence-electron chi connectivity index (χ4n) is 5.61. The molecule has 10 nitrogen and oxygen atoms in total. The maximum absolute atomic E-state index is 12.6. The second-order valence-corrected chi connectivity index (χ2v) is 15.5. The standard InChI is InChI=1S/C41H77O10P/c1-3-5-7-9-11-13-15-17-18-19-20-21-23-24-26-28-30-32-40(44)48-36-39(37-50-52(46,47)49-35-38(43)34-42)51-41(45)33-31-29-27-25-22-16-14-12-10-8-6-4-2/h11,13,17-18,38-39,42-43H,3-10,12,14-16,19-37H2,1-2H3,(H,46,47)/b13-11+,18-17+/t38-,39+/m1/s1. The van der Waals surface area contributed by atoms with Gasteiger partial charge in [0.15, 0.2) is 6.10 Å². The van der Waals surface area contributed by atoms with Crippen LogP contribution >= 0.6 is 7.82 Å². The SMILES string of the molecule is CCCCC/C=C/C/C=C/CCCCCCCCCC(=O)OC[C@@H](COP(=O)(O)OC[C@H](O)CO)OC(=O)CCCCCCCCCCCCCC. The van der Waals surface area contributed by atoms with Gasteiger partial charge in [0, 0.05) is 12.8 Å². The van der Waals surface area contributed by atoms with Gasteiger partial charge in [-0.15, -0.1) is 0 Å². The van der Waals surface area contributed by atoms with Gasteiger partial charge in [-0.1, -0.05) is 154 Å². The molecular formula is C41H77O10P. The normalized spacial score (nSPS) is 14.2. The molecule has 0 aromatic heterocycles. The number of hydrogen-bond donors (Lipinski definition) is 3. The van der Waals surface area contributed by atoms with Gasteiger partial charge in [0.1, 0.15) is 12.7 Å². The summed E-state index contributed by atoms with van der Waals surface area (Å²) in [6.45, 7) is 2.34. The van der Waals surface area contributed by atoms with Crippen molar-refractivity contribution < 1.29 is 47.8 Å². The zero-order valence-electron chi connectivity index (χ0n) is 33.0. The summed E-state index contributed by atoms with van der Waals surface area (Å²) >= 11 is 0. The van der Waals surface area contributed by atoms with Crippen LogP contribution in [0.25, 0.3) is 0 Å². The van der Waals surface area contributed by atoms with Gasteiger partial charge < -0.3 is 24.6 Å². The lowest BCUT2D eigenvalue weighted by molar-refractivity contribution is -0.161. The third kappa shape index (κ3) is 36.8. The number of unbranched alkanes of at least 4 members (excludes halogenated alkanes) is 21. The van der Waals surface area contributed by atoms with E-state index in [0.717, 1.165) is 51.4 Å². The average molecular weight is 761 g/mol. The number of esters is 2. The van der Waals surface area contributed by atoms with E-state index in [1.54, 1.807) is 0 Å². The lowest BCUT2D eigenvalue weighted by atomic mass is 10.0. The van der Waals surface area contributed by atoms with Crippen LogP contribution < -0.4 is 0 Å². The monoisotopic (exact) mass is 761 g/mol. The summed E-state index contributed by atoms with van der Waals surface area (Å²) in [6.07, 6.45) is 35.7. The van der Waals surface area contributed by atoms with Crippen LogP contribution in [0.1, 0.15) is 187 Å². The minimum Gasteiger partial charge on any atom is -0.462 e. The van der Waals surface area contributed by atoms with Gasteiger partial charge in [-0.25, -0.2) is 4.57 Å². The highest BCUT2D eigenvalue weighted by Gasteiger charge is 2.27. The smallest absolute Gasteiger partial charge is 0.462 e. The number of rotatable bonds is 39. The molecule has 0 spiro atoms. The zero-order chi connectivity index (χ0) is 38.4. The predicted octanol–water partition coefficient (Wildman–Crippen LogP) is 10.6. The Morgan fingerprint density at radius 1 is 0.577 bits per heavy atom. The molecule has 0 heterocycles. The number of phosphoric acid groups is 1. The maximum Gasteiger partial charge on any atom is 0.472 e. The molecule has 0 bridgehead atoms. The van der Waals surface area contributed by atoms with Crippen LogP contribution in [-0.4, -0.2) is 65.7 Å². The van der Waals surface area contributed by atoms with Crippen molar-refractivity contribution in [3.63, 3.8) is 0 Å². The molecule has 0 aliphatic carbocycles. The van der Waals surface area contributed by atoms with Crippen LogP contribution in [0.2, 0.25) is 0 Å². The Hall–Kier alpha value is -1.55. The van der Waals surface area contributed by atoms with Crippen LogP contribution in [-0.2, 0) is 32.7 Å². The van der Waals surface area contributed by atoms with Crippen molar-refractivity contribution >= 4 is 19.8 Å². The molecule has 3 atom stereocenters. The Balaban J connectivity index is 4.30. The van der Waals surface area contributed by atoms with Crippen LogP contribution in [0.4, 0.5) is 0 Å². The summed E-state index contributed by atoms with van der Waals surface area (Å²) < 4.78 is 32.6. The highest BCUT2D eigenvalue weighted by atomic mass is 31.2. The molecule has 0 aliphatic heterocycles. The fraction of sp³-hybridized carbons (Fsp3) is 0.854. The minimum atomic E-state index is -4.61. The summed E-state index contributed by atoms with van der Waals surface area (Å²) in [5.74, 6) is -0.929. The Labute approximate surface area is 317 Å². The topological polar surface area (TPSA) is 149 Å². The summed E-state index contributed by atoms with van der Waals surface area (Å²) in [4.78, 5) is 34.9. The first-order chi connectivity index (χ1) is 25.2. The summed E-state index contributed by atoms with van der Waals surface area (Å²) in [5, 5.41) is 18.3. The number of aliphatic hydroxyl groups excluding tert-OH is 2. The second kappa shape index (κ2) is 37.8. The lowest BCUT2D eigenvalue weighted by Gasteiger charge is -2.20. The average Bonchev–Trinajstić information content (AvgIpc) is 3.13. The largest absolute Gasteiger partial charge is 0.472 e. The van der Waals surface area contributed by atoms with Gasteiger partial charge >= 0.3 is 19.8 Å². The molecule has 3 N–H and O–H groups in total. The number of allylic oxidation sites excluding steroid dienone is 4. The van der Waals surface area contributed by atoms with E-state index in [9.17, 15) is 24.2 Å². The van der Waals surface area contributed by atoms with Crippen molar-refractivity contribution in [1.29, 1.82) is 0 Å².